The van der Waals surface area contributed by atoms with E-state index in [9.17, 15) is 0 Å². The molecule has 0 aliphatic carbocycles. The number of nitrogens with zero attached hydrogens (tertiary/aromatic N) is 6. The third-order valence-electron chi connectivity index (χ3n) is 4.94. The van der Waals surface area contributed by atoms with Gasteiger partial charge in [-0.1, -0.05) is 18.2 Å². The monoisotopic (exact) mass is 521 g/mol. The van der Waals surface area contributed by atoms with Crippen molar-refractivity contribution in [1.82, 2.24) is 29.8 Å². The maximum absolute atomic E-state index is 5.98. The molecule has 0 bridgehead atoms. The second-order valence-electron chi connectivity index (χ2n) is 7.00. The van der Waals surface area contributed by atoms with Gasteiger partial charge in [0.05, 0.1) is 31.6 Å². The molecule has 1 atom stereocenters. The van der Waals surface area contributed by atoms with Crippen LogP contribution in [0.25, 0.3) is 5.69 Å². The standard InChI is InChI=1S/C21H27N7O.HI/c1-3-22-21(27-11-12-29-20(16-27)18-14-25-26(2)15-18)23-13-17-7-4-5-8-19(17)28-10-6-9-24-28;/h4-10,14-15,20H,3,11-13,16H2,1-2H3,(H,22,23);1H. The van der Waals surface area contributed by atoms with Crippen LogP contribution in [0.1, 0.15) is 24.2 Å². The molecule has 8 nitrogen and oxygen atoms in total. The van der Waals surface area contributed by atoms with Gasteiger partial charge in [-0.25, -0.2) is 9.67 Å². The van der Waals surface area contributed by atoms with E-state index in [1.165, 1.54) is 0 Å². The van der Waals surface area contributed by atoms with Crippen molar-refractivity contribution in [2.75, 3.05) is 26.2 Å². The molecule has 2 aromatic heterocycles. The minimum Gasteiger partial charge on any atom is -0.370 e. The Labute approximate surface area is 194 Å². The van der Waals surface area contributed by atoms with Crippen LogP contribution < -0.4 is 5.32 Å². The largest absolute Gasteiger partial charge is 0.370 e. The predicted octanol–water partition coefficient (Wildman–Crippen LogP) is 2.76. The molecule has 4 rings (SSSR count). The third kappa shape index (κ3) is 5.20. The van der Waals surface area contributed by atoms with Crippen LogP contribution in [0.2, 0.25) is 0 Å². The van der Waals surface area contributed by atoms with Crippen molar-refractivity contribution in [3.63, 3.8) is 0 Å². The Bertz CT molecular complexity index is 954. The quantitative estimate of drug-likeness (QED) is 0.318. The lowest BCUT2D eigenvalue weighted by atomic mass is 10.1. The number of hydrogen-bond acceptors (Lipinski definition) is 4. The van der Waals surface area contributed by atoms with Crippen LogP contribution in [-0.2, 0) is 18.3 Å². The molecule has 0 saturated carbocycles. The van der Waals surface area contributed by atoms with E-state index in [4.69, 9.17) is 9.73 Å². The van der Waals surface area contributed by atoms with Gasteiger partial charge in [0.25, 0.3) is 0 Å². The Kier molecular flexibility index (Phi) is 7.86. The first kappa shape index (κ1) is 22.3. The zero-order valence-electron chi connectivity index (χ0n) is 17.3. The number of morpholine rings is 1. The summed E-state index contributed by atoms with van der Waals surface area (Å²) in [6.07, 6.45) is 7.62. The molecular formula is C21H28IN7O. The lowest BCUT2D eigenvalue weighted by molar-refractivity contribution is -0.00805. The topological polar surface area (TPSA) is 72.5 Å². The number of ether oxygens (including phenoxy) is 1. The predicted molar refractivity (Wildman–Crippen MR) is 127 cm³/mol. The first-order chi connectivity index (χ1) is 14.2. The summed E-state index contributed by atoms with van der Waals surface area (Å²) in [5, 5.41) is 12.1. The van der Waals surface area contributed by atoms with E-state index >= 15 is 0 Å². The molecule has 30 heavy (non-hydrogen) atoms. The maximum Gasteiger partial charge on any atom is 0.194 e. The molecule has 3 heterocycles. The summed E-state index contributed by atoms with van der Waals surface area (Å²) in [6.45, 7) is 5.70. The Balaban J connectivity index is 0.00000256. The van der Waals surface area contributed by atoms with Gasteiger partial charge < -0.3 is 15.0 Å². The molecule has 0 spiro atoms. The zero-order valence-corrected chi connectivity index (χ0v) is 19.6. The van der Waals surface area contributed by atoms with Crippen molar-refractivity contribution < 1.29 is 4.74 Å². The summed E-state index contributed by atoms with van der Waals surface area (Å²) in [5.74, 6) is 0.903. The minimum absolute atomic E-state index is 0. The van der Waals surface area contributed by atoms with E-state index in [0.717, 1.165) is 42.4 Å². The van der Waals surface area contributed by atoms with Gasteiger partial charge in [0.1, 0.15) is 6.10 Å². The average molecular weight is 521 g/mol. The molecule has 0 amide bonds. The van der Waals surface area contributed by atoms with E-state index in [-0.39, 0.29) is 30.1 Å². The van der Waals surface area contributed by atoms with Crippen molar-refractivity contribution in [2.45, 2.75) is 19.6 Å². The number of guanidine groups is 1. The van der Waals surface area contributed by atoms with Gasteiger partial charge in [-0.05, 0) is 24.6 Å². The second kappa shape index (κ2) is 10.6. The lowest BCUT2D eigenvalue weighted by Gasteiger charge is -2.34. The number of aryl methyl sites for hydroxylation is 1. The van der Waals surface area contributed by atoms with Gasteiger partial charge in [0.2, 0.25) is 0 Å². The Morgan fingerprint density at radius 3 is 2.87 bits per heavy atom. The van der Waals surface area contributed by atoms with Gasteiger partial charge in [-0.15, -0.1) is 24.0 Å². The molecule has 1 fully saturated rings. The molecular weight excluding hydrogens is 493 g/mol. The van der Waals surface area contributed by atoms with Crippen LogP contribution in [0.5, 0.6) is 0 Å². The number of para-hydroxylation sites is 1. The summed E-state index contributed by atoms with van der Waals surface area (Å²) >= 11 is 0. The molecule has 1 aromatic carbocycles. The van der Waals surface area contributed by atoms with Gasteiger partial charge >= 0.3 is 0 Å². The molecule has 1 saturated heterocycles. The maximum atomic E-state index is 5.98. The van der Waals surface area contributed by atoms with Crippen LogP contribution in [-0.4, -0.2) is 56.7 Å². The molecule has 1 aliphatic rings. The van der Waals surface area contributed by atoms with Crippen molar-refractivity contribution in [1.29, 1.82) is 0 Å². The van der Waals surface area contributed by atoms with Crippen molar-refractivity contribution in [3.05, 3.63) is 66.2 Å². The second-order valence-corrected chi connectivity index (χ2v) is 7.00. The van der Waals surface area contributed by atoms with E-state index in [0.29, 0.717) is 13.2 Å². The minimum atomic E-state index is -0.00216. The highest BCUT2D eigenvalue weighted by atomic mass is 127. The summed E-state index contributed by atoms with van der Waals surface area (Å²) < 4.78 is 9.67. The number of aliphatic imine (C=N–C) groups is 1. The smallest absolute Gasteiger partial charge is 0.194 e. The lowest BCUT2D eigenvalue weighted by Crippen LogP contribution is -2.48. The fraction of sp³-hybridized carbons (Fsp3) is 0.381. The van der Waals surface area contributed by atoms with Gasteiger partial charge in [0, 0.05) is 44.3 Å². The summed E-state index contributed by atoms with van der Waals surface area (Å²) in [5.41, 5.74) is 3.27. The van der Waals surface area contributed by atoms with E-state index in [1.54, 1.807) is 6.20 Å². The van der Waals surface area contributed by atoms with Gasteiger partial charge in [-0.2, -0.15) is 10.2 Å². The third-order valence-corrected chi connectivity index (χ3v) is 4.94. The molecule has 0 radical (unpaired) electrons. The first-order valence-corrected chi connectivity index (χ1v) is 9.96. The highest BCUT2D eigenvalue weighted by molar-refractivity contribution is 14.0. The Morgan fingerprint density at radius 2 is 2.13 bits per heavy atom. The van der Waals surface area contributed by atoms with Crippen molar-refractivity contribution in [2.24, 2.45) is 12.0 Å². The molecule has 9 heteroatoms. The fourth-order valence-corrected chi connectivity index (χ4v) is 3.51. The first-order valence-electron chi connectivity index (χ1n) is 9.96. The van der Waals surface area contributed by atoms with Crippen molar-refractivity contribution in [3.8, 4) is 5.69 Å². The molecule has 1 N–H and O–H groups in total. The Morgan fingerprint density at radius 1 is 1.27 bits per heavy atom. The number of nitrogens with one attached hydrogen (secondary N) is 1. The zero-order chi connectivity index (χ0) is 20.1. The van der Waals surface area contributed by atoms with E-state index in [1.807, 2.05) is 53.2 Å². The fourth-order valence-electron chi connectivity index (χ4n) is 3.51. The molecule has 3 aromatic rings. The van der Waals surface area contributed by atoms with Gasteiger partial charge in [0.15, 0.2) is 5.96 Å². The normalized spacial score (nSPS) is 16.9. The van der Waals surface area contributed by atoms with Gasteiger partial charge in [-0.3, -0.25) is 4.68 Å². The number of halogens is 1. The van der Waals surface area contributed by atoms with Crippen LogP contribution in [0.4, 0.5) is 0 Å². The SMILES string of the molecule is CCNC(=NCc1ccccc1-n1cccn1)N1CCOC(c2cnn(C)c2)C1.I. The summed E-state index contributed by atoms with van der Waals surface area (Å²) in [4.78, 5) is 7.19. The van der Waals surface area contributed by atoms with Crippen LogP contribution >= 0.6 is 24.0 Å². The summed E-state index contributed by atoms with van der Waals surface area (Å²) in [6, 6.07) is 10.2. The molecule has 1 unspecified atom stereocenters. The number of benzene rings is 1. The number of hydrogen-bond donors (Lipinski definition) is 1. The number of rotatable bonds is 5. The highest BCUT2D eigenvalue weighted by Gasteiger charge is 2.25. The summed E-state index contributed by atoms with van der Waals surface area (Å²) in [7, 11) is 1.92. The van der Waals surface area contributed by atoms with E-state index in [2.05, 4.69) is 39.5 Å². The average Bonchev–Trinajstić information content (AvgIpc) is 3.43. The highest BCUT2D eigenvalue weighted by Crippen LogP contribution is 2.22. The molecule has 160 valence electrons. The Hall–Kier alpha value is -2.40. The van der Waals surface area contributed by atoms with Crippen LogP contribution in [0.15, 0.2) is 60.1 Å². The van der Waals surface area contributed by atoms with E-state index < -0.39 is 0 Å². The number of aromatic nitrogens is 4. The van der Waals surface area contributed by atoms with Crippen LogP contribution in [0, 0.1) is 0 Å². The molecule has 1 aliphatic heterocycles. The van der Waals surface area contributed by atoms with Crippen molar-refractivity contribution >= 4 is 29.9 Å². The van der Waals surface area contributed by atoms with Crippen LogP contribution in [0.3, 0.4) is 0 Å².